The summed E-state index contributed by atoms with van der Waals surface area (Å²) in [6.07, 6.45) is -1.87. The van der Waals surface area contributed by atoms with E-state index in [1.807, 2.05) is 0 Å². The Bertz CT molecular complexity index is 375. The zero-order valence-corrected chi connectivity index (χ0v) is 8.29. The average molecular weight is 229 g/mol. The third-order valence-corrected chi connectivity index (χ3v) is 1.96. The maximum atomic E-state index is 12.6. The van der Waals surface area contributed by atoms with Crippen molar-refractivity contribution in [2.75, 3.05) is 0 Å². The number of nitrogens with one attached hydrogen (secondary N) is 1. The fourth-order valence-electron chi connectivity index (χ4n) is 1.17. The molecule has 0 aliphatic heterocycles. The predicted molar refractivity (Wildman–Crippen MR) is 53.5 cm³/mol. The number of amides is 1. The van der Waals surface area contributed by atoms with Crippen LogP contribution < -0.4 is 5.32 Å². The number of hydrogen-bond acceptors (Lipinski definition) is 1. The summed E-state index contributed by atoms with van der Waals surface area (Å²) >= 11 is 0. The first-order valence-corrected chi connectivity index (χ1v) is 4.51. The molecule has 1 aromatic rings. The molecule has 0 spiro atoms. The van der Waals surface area contributed by atoms with Crippen molar-refractivity contribution in [3.05, 3.63) is 48.3 Å². The Labute approximate surface area is 90.8 Å². The molecule has 0 fully saturated rings. The van der Waals surface area contributed by atoms with E-state index in [0.29, 0.717) is 0 Å². The summed E-state index contributed by atoms with van der Waals surface area (Å²) in [5, 5.41) is 2.07. The summed E-state index contributed by atoms with van der Waals surface area (Å²) < 4.78 is 37.9. The Hall–Kier alpha value is -1.78. The van der Waals surface area contributed by atoms with Crippen LogP contribution in [0.25, 0.3) is 0 Å². The third-order valence-electron chi connectivity index (χ3n) is 1.96. The standard InChI is InChI=1S/C11H10F3NO/c1-2-9(16)15-10(11(13)14)7-3-5-8(12)6-4-7/h2-6,10-11H,1H2,(H,15,16)/t10-/m0/s1. The van der Waals surface area contributed by atoms with Gasteiger partial charge in [-0.25, -0.2) is 13.2 Å². The van der Waals surface area contributed by atoms with Gasteiger partial charge in [-0.2, -0.15) is 0 Å². The van der Waals surface area contributed by atoms with Gasteiger partial charge in [0.2, 0.25) is 5.91 Å². The first kappa shape index (κ1) is 12.3. The van der Waals surface area contributed by atoms with Crippen LogP contribution in [0, 0.1) is 5.82 Å². The molecule has 16 heavy (non-hydrogen) atoms. The lowest BCUT2D eigenvalue weighted by Crippen LogP contribution is -2.31. The SMILES string of the molecule is C=CC(=O)N[C@@H](c1ccc(F)cc1)C(F)F. The Morgan fingerprint density at radius 1 is 1.31 bits per heavy atom. The van der Waals surface area contributed by atoms with Gasteiger partial charge in [-0.1, -0.05) is 18.7 Å². The number of alkyl halides is 2. The normalized spacial score (nSPS) is 12.2. The lowest BCUT2D eigenvalue weighted by Gasteiger charge is -2.17. The molecule has 0 unspecified atom stereocenters. The molecule has 0 bridgehead atoms. The van der Waals surface area contributed by atoms with E-state index in [1.54, 1.807) is 0 Å². The van der Waals surface area contributed by atoms with Crippen LogP contribution in [0.2, 0.25) is 0 Å². The molecule has 5 heteroatoms. The zero-order valence-electron chi connectivity index (χ0n) is 8.29. The van der Waals surface area contributed by atoms with Gasteiger partial charge in [-0.3, -0.25) is 4.79 Å². The molecular formula is C11H10F3NO. The van der Waals surface area contributed by atoms with E-state index in [0.717, 1.165) is 18.2 Å². The van der Waals surface area contributed by atoms with Gasteiger partial charge >= 0.3 is 0 Å². The van der Waals surface area contributed by atoms with E-state index in [1.165, 1.54) is 12.1 Å². The lowest BCUT2D eigenvalue weighted by atomic mass is 10.1. The quantitative estimate of drug-likeness (QED) is 0.789. The van der Waals surface area contributed by atoms with Crippen LogP contribution in [0.1, 0.15) is 11.6 Å². The van der Waals surface area contributed by atoms with Crippen LogP contribution in [-0.2, 0) is 4.79 Å². The minimum Gasteiger partial charge on any atom is -0.340 e. The smallest absolute Gasteiger partial charge is 0.262 e. The highest BCUT2D eigenvalue weighted by Crippen LogP contribution is 2.20. The maximum Gasteiger partial charge on any atom is 0.262 e. The molecule has 0 saturated carbocycles. The van der Waals surface area contributed by atoms with Gasteiger partial charge in [0, 0.05) is 0 Å². The monoisotopic (exact) mass is 229 g/mol. The van der Waals surface area contributed by atoms with Crippen molar-refractivity contribution in [3.8, 4) is 0 Å². The highest BCUT2D eigenvalue weighted by Gasteiger charge is 2.23. The van der Waals surface area contributed by atoms with Gasteiger partial charge < -0.3 is 5.32 Å². The predicted octanol–water partition coefficient (Wildman–Crippen LogP) is 2.43. The summed E-state index contributed by atoms with van der Waals surface area (Å²) in [4.78, 5) is 10.9. The highest BCUT2D eigenvalue weighted by molar-refractivity contribution is 5.87. The lowest BCUT2D eigenvalue weighted by molar-refractivity contribution is -0.118. The summed E-state index contributed by atoms with van der Waals surface area (Å²) in [6.45, 7) is 3.16. The van der Waals surface area contributed by atoms with E-state index in [9.17, 15) is 18.0 Å². The maximum absolute atomic E-state index is 12.6. The van der Waals surface area contributed by atoms with E-state index >= 15 is 0 Å². The molecule has 1 N–H and O–H groups in total. The highest BCUT2D eigenvalue weighted by atomic mass is 19.3. The van der Waals surface area contributed by atoms with Gasteiger partial charge in [0.15, 0.2) is 0 Å². The summed E-state index contributed by atoms with van der Waals surface area (Å²) in [7, 11) is 0. The Morgan fingerprint density at radius 3 is 2.31 bits per heavy atom. The molecule has 1 atom stereocenters. The second-order valence-electron chi connectivity index (χ2n) is 3.08. The largest absolute Gasteiger partial charge is 0.340 e. The van der Waals surface area contributed by atoms with Crippen molar-refractivity contribution in [3.63, 3.8) is 0 Å². The van der Waals surface area contributed by atoms with Crippen molar-refractivity contribution < 1.29 is 18.0 Å². The Balaban J connectivity index is 2.89. The molecule has 86 valence electrons. The average Bonchev–Trinajstić information content (AvgIpc) is 2.26. The van der Waals surface area contributed by atoms with E-state index in [4.69, 9.17) is 0 Å². The minimum absolute atomic E-state index is 0.145. The summed E-state index contributed by atoms with van der Waals surface area (Å²) in [5.74, 6) is -1.22. The molecule has 1 amide bonds. The number of benzene rings is 1. The molecule has 2 nitrogen and oxygen atoms in total. The van der Waals surface area contributed by atoms with Crippen LogP contribution in [0.5, 0.6) is 0 Å². The third kappa shape index (κ3) is 3.12. The van der Waals surface area contributed by atoms with Crippen molar-refractivity contribution in [1.82, 2.24) is 5.32 Å². The summed E-state index contributed by atoms with van der Waals surface area (Å²) in [5.41, 5.74) is 0.145. The van der Waals surface area contributed by atoms with E-state index < -0.39 is 24.2 Å². The topological polar surface area (TPSA) is 29.1 Å². The number of rotatable bonds is 4. The number of hydrogen-bond donors (Lipinski definition) is 1. The second-order valence-corrected chi connectivity index (χ2v) is 3.08. The first-order chi connectivity index (χ1) is 7.54. The van der Waals surface area contributed by atoms with Gasteiger partial charge in [-0.15, -0.1) is 0 Å². The molecule has 0 aromatic heterocycles. The van der Waals surface area contributed by atoms with Crippen LogP contribution >= 0.6 is 0 Å². The van der Waals surface area contributed by atoms with Crippen LogP contribution in [0.15, 0.2) is 36.9 Å². The molecule has 0 aliphatic rings. The summed E-state index contributed by atoms with van der Waals surface area (Å²) in [6, 6.07) is 3.08. The van der Waals surface area contributed by atoms with Gasteiger partial charge in [-0.05, 0) is 23.8 Å². The fourth-order valence-corrected chi connectivity index (χ4v) is 1.17. The van der Waals surface area contributed by atoms with E-state index in [2.05, 4.69) is 11.9 Å². The number of carbonyl (C=O) groups is 1. The number of carbonyl (C=O) groups excluding carboxylic acids is 1. The minimum atomic E-state index is -2.77. The first-order valence-electron chi connectivity index (χ1n) is 4.51. The Kier molecular flexibility index (Phi) is 4.10. The van der Waals surface area contributed by atoms with Gasteiger partial charge in [0.1, 0.15) is 11.9 Å². The molecule has 0 saturated heterocycles. The van der Waals surface area contributed by atoms with Crippen molar-refractivity contribution in [1.29, 1.82) is 0 Å². The Morgan fingerprint density at radius 2 is 1.88 bits per heavy atom. The molecule has 0 radical (unpaired) electrons. The van der Waals surface area contributed by atoms with Crippen molar-refractivity contribution >= 4 is 5.91 Å². The molecule has 1 aromatic carbocycles. The van der Waals surface area contributed by atoms with Crippen LogP contribution in [0.4, 0.5) is 13.2 Å². The van der Waals surface area contributed by atoms with Crippen LogP contribution in [0.3, 0.4) is 0 Å². The molecule has 0 heterocycles. The van der Waals surface area contributed by atoms with Gasteiger partial charge in [0.25, 0.3) is 6.43 Å². The molecule has 1 rings (SSSR count). The van der Waals surface area contributed by atoms with Crippen LogP contribution in [-0.4, -0.2) is 12.3 Å². The van der Waals surface area contributed by atoms with E-state index in [-0.39, 0.29) is 5.56 Å². The number of halogens is 3. The fraction of sp³-hybridized carbons (Fsp3) is 0.182. The molecule has 0 aliphatic carbocycles. The molecular weight excluding hydrogens is 219 g/mol. The second kappa shape index (κ2) is 5.34. The van der Waals surface area contributed by atoms with Gasteiger partial charge in [0.05, 0.1) is 0 Å². The zero-order chi connectivity index (χ0) is 12.1. The van der Waals surface area contributed by atoms with Crippen molar-refractivity contribution in [2.24, 2.45) is 0 Å². The van der Waals surface area contributed by atoms with Crippen molar-refractivity contribution in [2.45, 2.75) is 12.5 Å².